The molecule has 0 aliphatic heterocycles. The first-order valence-electron chi connectivity index (χ1n) is 5.79. The van der Waals surface area contributed by atoms with E-state index in [4.69, 9.17) is 14.6 Å². The fraction of sp³-hybridized carbons (Fsp3) is 0.214. The lowest BCUT2D eigenvalue weighted by Crippen LogP contribution is -1.92. The van der Waals surface area contributed by atoms with E-state index in [2.05, 4.69) is 0 Å². The minimum absolute atomic E-state index is 0.361. The van der Waals surface area contributed by atoms with Crippen molar-refractivity contribution in [3.63, 3.8) is 0 Å². The third kappa shape index (κ3) is 3.46. The summed E-state index contributed by atoms with van der Waals surface area (Å²) in [4.78, 5) is 12.1. The summed E-state index contributed by atoms with van der Waals surface area (Å²) in [6.07, 6.45) is 0. The number of methoxy groups -OCH3 is 2. The minimum Gasteiger partial charge on any atom is -0.493 e. The fourth-order valence-electron chi connectivity index (χ4n) is 1.64. The summed E-state index contributed by atoms with van der Waals surface area (Å²) in [6, 6.07) is 7.46. The maximum Gasteiger partial charge on any atom is 0.345 e. The molecule has 0 bridgehead atoms. The smallest absolute Gasteiger partial charge is 0.345 e. The van der Waals surface area contributed by atoms with E-state index in [1.165, 1.54) is 11.3 Å². The van der Waals surface area contributed by atoms with Gasteiger partial charge in [0.05, 0.1) is 14.2 Å². The van der Waals surface area contributed by atoms with Crippen LogP contribution in [0.3, 0.4) is 0 Å². The number of hydrogen-bond donors (Lipinski definition) is 1. The van der Waals surface area contributed by atoms with E-state index in [0.29, 0.717) is 16.4 Å². The molecule has 1 aromatic carbocycles. The molecule has 106 valence electrons. The monoisotopic (exact) mass is 310 g/mol. The molecule has 0 amide bonds. The third-order valence-corrected chi connectivity index (χ3v) is 4.75. The molecular weight excluding hydrogens is 296 g/mol. The number of aromatic carboxylic acids is 1. The van der Waals surface area contributed by atoms with Gasteiger partial charge in [0.2, 0.25) is 0 Å². The second kappa shape index (κ2) is 6.67. The predicted molar refractivity (Wildman–Crippen MR) is 80.4 cm³/mol. The van der Waals surface area contributed by atoms with Crippen LogP contribution in [0.1, 0.15) is 15.2 Å². The van der Waals surface area contributed by atoms with E-state index < -0.39 is 5.97 Å². The van der Waals surface area contributed by atoms with Gasteiger partial charge in [-0.2, -0.15) is 0 Å². The van der Waals surface area contributed by atoms with Crippen LogP contribution in [0.2, 0.25) is 0 Å². The second-order valence-electron chi connectivity index (χ2n) is 3.93. The van der Waals surface area contributed by atoms with E-state index >= 15 is 0 Å². The topological polar surface area (TPSA) is 55.8 Å². The highest BCUT2D eigenvalue weighted by Gasteiger charge is 2.08. The van der Waals surface area contributed by atoms with E-state index in [1.54, 1.807) is 32.0 Å². The Morgan fingerprint density at radius 3 is 2.60 bits per heavy atom. The molecule has 1 N–H and O–H groups in total. The zero-order valence-electron chi connectivity index (χ0n) is 11.1. The number of benzene rings is 1. The van der Waals surface area contributed by atoms with Crippen LogP contribution in [0.25, 0.3) is 0 Å². The fourth-order valence-corrected chi connectivity index (χ4v) is 3.46. The number of carboxylic acid groups (broad SMARTS) is 1. The lowest BCUT2D eigenvalue weighted by Gasteiger charge is -2.09. The normalized spacial score (nSPS) is 10.3. The highest BCUT2D eigenvalue weighted by Crippen LogP contribution is 2.32. The van der Waals surface area contributed by atoms with Crippen LogP contribution in [-0.4, -0.2) is 25.3 Å². The van der Waals surface area contributed by atoms with Gasteiger partial charge in [0, 0.05) is 16.0 Å². The number of ether oxygens (including phenoxy) is 2. The van der Waals surface area contributed by atoms with Gasteiger partial charge in [-0.3, -0.25) is 0 Å². The molecule has 0 aliphatic carbocycles. The van der Waals surface area contributed by atoms with Gasteiger partial charge in [-0.1, -0.05) is 6.07 Å². The standard InChI is InChI=1S/C14H14O4S2/c1-17-11-4-3-9(5-12(11)18-2)7-19-10-6-13(14(15)16)20-8-10/h3-6,8H,7H2,1-2H3,(H,15,16). The van der Waals surface area contributed by atoms with Crippen LogP contribution < -0.4 is 9.47 Å². The zero-order chi connectivity index (χ0) is 14.5. The largest absolute Gasteiger partial charge is 0.493 e. The highest BCUT2D eigenvalue weighted by molar-refractivity contribution is 7.98. The molecule has 0 saturated heterocycles. The maximum absolute atomic E-state index is 10.8. The lowest BCUT2D eigenvalue weighted by atomic mass is 10.2. The van der Waals surface area contributed by atoms with E-state index in [9.17, 15) is 4.79 Å². The van der Waals surface area contributed by atoms with Crippen LogP contribution in [0.4, 0.5) is 0 Å². The Hall–Kier alpha value is -1.66. The number of thioether (sulfide) groups is 1. The Morgan fingerprint density at radius 1 is 1.25 bits per heavy atom. The number of hydrogen-bond acceptors (Lipinski definition) is 5. The molecule has 6 heteroatoms. The van der Waals surface area contributed by atoms with Gasteiger partial charge in [0.25, 0.3) is 0 Å². The molecule has 20 heavy (non-hydrogen) atoms. The number of thiophene rings is 1. The molecule has 0 aliphatic rings. The quantitative estimate of drug-likeness (QED) is 0.823. The van der Waals surface area contributed by atoms with Crippen molar-refractivity contribution in [3.8, 4) is 11.5 Å². The number of rotatable bonds is 6. The second-order valence-corrected chi connectivity index (χ2v) is 5.89. The van der Waals surface area contributed by atoms with Crippen molar-refractivity contribution in [1.82, 2.24) is 0 Å². The van der Waals surface area contributed by atoms with Crippen molar-refractivity contribution >= 4 is 29.1 Å². The molecule has 2 rings (SSSR count). The van der Waals surface area contributed by atoms with Crippen molar-refractivity contribution in [2.45, 2.75) is 10.6 Å². The molecule has 4 nitrogen and oxygen atoms in total. The van der Waals surface area contributed by atoms with E-state index in [0.717, 1.165) is 16.2 Å². The summed E-state index contributed by atoms with van der Waals surface area (Å²) in [6.45, 7) is 0. The highest BCUT2D eigenvalue weighted by atomic mass is 32.2. The Kier molecular flexibility index (Phi) is 4.92. The van der Waals surface area contributed by atoms with Crippen molar-refractivity contribution in [3.05, 3.63) is 40.1 Å². The van der Waals surface area contributed by atoms with Gasteiger partial charge in [-0.15, -0.1) is 23.1 Å². The van der Waals surface area contributed by atoms with Crippen molar-refractivity contribution < 1.29 is 19.4 Å². The predicted octanol–water partition coefficient (Wildman–Crippen LogP) is 3.76. The summed E-state index contributed by atoms with van der Waals surface area (Å²) in [5, 5.41) is 10.7. The Balaban J connectivity index is 2.04. The Bertz CT molecular complexity index is 607. The van der Waals surface area contributed by atoms with Crippen LogP contribution in [0.5, 0.6) is 11.5 Å². The van der Waals surface area contributed by atoms with E-state index in [1.807, 2.05) is 23.6 Å². The van der Waals surface area contributed by atoms with E-state index in [-0.39, 0.29) is 0 Å². The molecule has 2 aromatic rings. The first-order chi connectivity index (χ1) is 9.63. The van der Waals surface area contributed by atoms with Crippen molar-refractivity contribution in [1.29, 1.82) is 0 Å². The SMILES string of the molecule is COc1ccc(CSc2csc(C(=O)O)c2)cc1OC. The number of carbonyl (C=O) groups is 1. The summed E-state index contributed by atoms with van der Waals surface area (Å²) in [5.74, 6) is 1.26. The molecule has 0 radical (unpaired) electrons. The summed E-state index contributed by atoms with van der Waals surface area (Å²) in [7, 11) is 3.21. The third-order valence-electron chi connectivity index (χ3n) is 2.64. The van der Waals surface area contributed by atoms with Crippen LogP contribution in [0, 0.1) is 0 Å². The first kappa shape index (κ1) is 14.7. The molecule has 1 heterocycles. The molecule has 0 spiro atoms. The Morgan fingerprint density at radius 2 is 2.00 bits per heavy atom. The summed E-state index contributed by atoms with van der Waals surface area (Å²) >= 11 is 2.84. The maximum atomic E-state index is 10.8. The van der Waals surface area contributed by atoms with Crippen LogP contribution >= 0.6 is 23.1 Å². The average Bonchev–Trinajstić information content (AvgIpc) is 2.94. The first-order valence-corrected chi connectivity index (χ1v) is 7.66. The summed E-state index contributed by atoms with van der Waals surface area (Å²) in [5.41, 5.74) is 1.09. The molecule has 0 saturated carbocycles. The van der Waals surface area contributed by atoms with Gasteiger partial charge in [0.1, 0.15) is 4.88 Å². The zero-order valence-corrected chi connectivity index (χ0v) is 12.7. The average molecular weight is 310 g/mol. The molecule has 0 atom stereocenters. The van der Waals surface area contributed by atoms with Gasteiger partial charge < -0.3 is 14.6 Å². The minimum atomic E-state index is -0.882. The van der Waals surface area contributed by atoms with Crippen LogP contribution in [0.15, 0.2) is 34.5 Å². The van der Waals surface area contributed by atoms with Gasteiger partial charge >= 0.3 is 5.97 Å². The van der Waals surface area contributed by atoms with Gasteiger partial charge in [-0.05, 0) is 23.8 Å². The molecular formula is C14H14O4S2. The lowest BCUT2D eigenvalue weighted by molar-refractivity contribution is 0.0702. The van der Waals surface area contributed by atoms with Crippen molar-refractivity contribution in [2.24, 2.45) is 0 Å². The molecule has 1 aromatic heterocycles. The van der Waals surface area contributed by atoms with Crippen molar-refractivity contribution in [2.75, 3.05) is 14.2 Å². The van der Waals surface area contributed by atoms with Gasteiger partial charge in [-0.25, -0.2) is 4.79 Å². The number of carboxylic acids is 1. The molecule has 0 fully saturated rings. The van der Waals surface area contributed by atoms with Gasteiger partial charge in [0.15, 0.2) is 11.5 Å². The van der Waals surface area contributed by atoms with Crippen LogP contribution in [-0.2, 0) is 5.75 Å². The Labute approximate surface area is 125 Å². The summed E-state index contributed by atoms with van der Waals surface area (Å²) < 4.78 is 10.4. The molecule has 0 unspecified atom stereocenters.